The molecule has 2 rings (SSSR count). The molecule has 25 heavy (non-hydrogen) atoms. The van der Waals surface area contributed by atoms with Crippen LogP contribution in [0.15, 0.2) is 24.3 Å². The number of methoxy groups -OCH3 is 1. The average molecular weight is 369 g/mol. The predicted molar refractivity (Wildman–Crippen MR) is 95.6 cm³/mol. The van der Waals surface area contributed by atoms with Crippen LogP contribution in [-0.4, -0.2) is 60.8 Å². The summed E-state index contributed by atoms with van der Waals surface area (Å²) in [6.07, 6.45) is -0.326. The summed E-state index contributed by atoms with van der Waals surface area (Å²) in [6, 6.07) is 6.64. The topological polar surface area (TPSA) is 59.1 Å². The van der Waals surface area contributed by atoms with E-state index in [0.717, 1.165) is 5.56 Å². The first-order valence-corrected chi connectivity index (χ1v) is 8.64. The molecular weight excluding hydrogens is 344 g/mol. The van der Waals surface area contributed by atoms with Crippen molar-refractivity contribution in [2.45, 2.75) is 32.4 Å². The lowest BCUT2D eigenvalue weighted by atomic mass is 10.0. The van der Waals surface area contributed by atoms with Crippen molar-refractivity contribution in [3.8, 4) is 0 Å². The Morgan fingerprint density at radius 2 is 1.64 bits per heavy atom. The zero-order valence-corrected chi connectivity index (χ0v) is 15.9. The van der Waals surface area contributed by atoms with E-state index in [1.807, 2.05) is 37.8 Å². The van der Waals surface area contributed by atoms with E-state index in [0.29, 0.717) is 31.2 Å². The maximum absolute atomic E-state index is 12.3. The van der Waals surface area contributed by atoms with Gasteiger partial charge in [0.05, 0.1) is 7.11 Å². The van der Waals surface area contributed by atoms with Gasteiger partial charge in [-0.1, -0.05) is 23.7 Å². The summed E-state index contributed by atoms with van der Waals surface area (Å²) in [4.78, 5) is 28.1. The lowest BCUT2D eigenvalue weighted by Crippen LogP contribution is -2.52. The summed E-state index contributed by atoms with van der Waals surface area (Å²) in [6.45, 7) is 7.63. The molecule has 1 atom stereocenters. The van der Waals surface area contributed by atoms with E-state index in [1.54, 1.807) is 17.0 Å². The number of benzene rings is 1. The van der Waals surface area contributed by atoms with Crippen molar-refractivity contribution in [2.75, 3.05) is 33.3 Å². The van der Waals surface area contributed by atoms with Crippen molar-refractivity contribution in [3.05, 3.63) is 34.9 Å². The van der Waals surface area contributed by atoms with Crippen LogP contribution in [0.5, 0.6) is 0 Å². The Balaban J connectivity index is 2.06. The smallest absolute Gasteiger partial charge is 0.410 e. The van der Waals surface area contributed by atoms with E-state index in [1.165, 1.54) is 7.11 Å². The highest BCUT2D eigenvalue weighted by molar-refractivity contribution is 6.30. The van der Waals surface area contributed by atoms with Crippen molar-refractivity contribution in [2.24, 2.45) is 0 Å². The Morgan fingerprint density at radius 1 is 1.08 bits per heavy atom. The summed E-state index contributed by atoms with van der Waals surface area (Å²) in [7, 11) is 1.38. The molecule has 0 saturated carbocycles. The second kappa shape index (κ2) is 8.06. The monoisotopic (exact) mass is 368 g/mol. The highest BCUT2D eigenvalue weighted by Crippen LogP contribution is 2.25. The molecule has 1 saturated heterocycles. The fraction of sp³-hybridized carbons (Fsp3) is 0.556. The zero-order chi connectivity index (χ0) is 18.6. The number of amides is 1. The van der Waals surface area contributed by atoms with Gasteiger partial charge >= 0.3 is 12.1 Å². The van der Waals surface area contributed by atoms with E-state index < -0.39 is 11.6 Å². The van der Waals surface area contributed by atoms with Crippen LogP contribution in [0.25, 0.3) is 0 Å². The lowest BCUT2D eigenvalue weighted by molar-refractivity contribution is -0.148. The molecule has 138 valence electrons. The first kappa shape index (κ1) is 19.5. The Kier molecular flexibility index (Phi) is 6.30. The van der Waals surface area contributed by atoms with Crippen molar-refractivity contribution in [1.82, 2.24) is 9.80 Å². The molecule has 1 fully saturated rings. The molecule has 1 heterocycles. The third kappa shape index (κ3) is 5.34. The van der Waals surface area contributed by atoms with Crippen molar-refractivity contribution < 1.29 is 19.1 Å². The second-order valence-electron chi connectivity index (χ2n) is 6.98. The maximum atomic E-state index is 12.3. The molecule has 1 aromatic rings. The van der Waals surface area contributed by atoms with Gasteiger partial charge in [0, 0.05) is 31.2 Å². The highest BCUT2D eigenvalue weighted by atomic mass is 35.5. The summed E-state index contributed by atoms with van der Waals surface area (Å²) < 4.78 is 10.4. The van der Waals surface area contributed by atoms with E-state index in [2.05, 4.69) is 0 Å². The molecule has 0 radical (unpaired) electrons. The second-order valence-corrected chi connectivity index (χ2v) is 7.42. The Labute approximate surface area is 153 Å². The number of ether oxygens (including phenoxy) is 2. The first-order chi connectivity index (χ1) is 11.7. The standard InChI is InChI=1S/C18H25ClN2O4/c1-18(2,3)25-17(23)21-11-9-20(10-12-21)15(16(22)24-4)13-5-7-14(19)8-6-13/h5-8,15H,9-12H2,1-4H3. The molecular formula is C18H25ClN2O4. The molecule has 0 aliphatic carbocycles. The Morgan fingerprint density at radius 3 is 2.12 bits per heavy atom. The van der Waals surface area contributed by atoms with Crippen molar-refractivity contribution >= 4 is 23.7 Å². The van der Waals surface area contributed by atoms with Gasteiger partial charge in [-0.25, -0.2) is 9.59 Å². The number of carbonyl (C=O) groups is 2. The minimum atomic E-state index is -0.522. The minimum absolute atomic E-state index is 0.326. The molecule has 1 aliphatic rings. The van der Waals surface area contributed by atoms with Gasteiger partial charge in [0.25, 0.3) is 0 Å². The summed E-state index contributed by atoms with van der Waals surface area (Å²) in [5.74, 6) is -0.326. The quantitative estimate of drug-likeness (QED) is 0.767. The van der Waals surface area contributed by atoms with Gasteiger partial charge in [-0.2, -0.15) is 0 Å². The van der Waals surface area contributed by atoms with Gasteiger partial charge < -0.3 is 14.4 Å². The predicted octanol–water partition coefficient (Wildman–Crippen LogP) is 3.11. The maximum Gasteiger partial charge on any atom is 0.410 e. The normalized spacial score (nSPS) is 17.1. The molecule has 0 spiro atoms. The third-order valence-corrected chi connectivity index (χ3v) is 4.19. The van der Waals surface area contributed by atoms with Crippen LogP contribution in [0.3, 0.4) is 0 Å². The van der Waals surface area contributed by atoms with Crippen LogP contribution in [0.1, 0.15) is 32.4 Å². The molecule has 1 aromatic carbocycles. The minimum Gasteiger partial charge on any atom is -0.468 e. The van der Waals surface area contributed by atoms with Crippen LogP contribution in [0, 0.1) is 0 Å². The Bertz CT molecular complexity index is 604. The highest BCUT2D eigenvalue weighted by Gasteiger charge is 2.33. The fourth-order valence-electron chi connectivity index (χ4n) is 2.74. The number of piperazine rings is 1. The number of hydrogen-bond donors (Lipinski definition) is 0. The molecule has 7 heteroatoms. The number of carbonyl (C=O) groups excluding carboxylic acids is 2. The summed E-state index contributed by atoms with van der Waals surface area (Å²) in [5.41, 5.74) is 0.300. The van der Waals surface area contributed by atoms with Crippen molar-refractivity contribution in [1.29, 1.82) is 0 Å². The zero-order valence-electron chi connectivity index (χ0n) is 15.1. The van der Waals surface area contributed by atoms with Crippen LogP contribution in [0.4, 0.5) is 4.79 Å². The molecule has 6 nitrogen and oxygen atoms in total. The van der Waals surface area contributed by atoms with Gasteiger partial charge in [0.2, 0.25) is 0 Å². The average Bonchev–Trinajstić information content (AvgIpc) is 2.55. The van der Waals surface area contributed by atoms with Gasteiger partial charge in [0.15, 0.2) is 0 Å². The van der Waals surface area contributed by atoms with E-state index in [9.17, 15) is 9.59 Å². The number of esters is 1. The van der Waals surface area contributed by atoms with E-state index in [-0.39, 0.29) is 12.1 Å². The van der Waals surface area contributed by atoms with Crippen molar-refractivity contribution in [3.63, 3.8) is 0 Å². The van der Waals surface area contributed by atoms with Gasteiger partial charge in [-0.15, -0.1) is 0 Å². The van der Waals surface area contributed by atoms with Crippen LogP contribution >= 0.6 is 11.6 Å². The molecule has 0 bridgehead atoms. The number of hydrogen-bond acceptors (Lipinski definition) is 5. The number of rotatable bonds is 3. The summed E-state index contributed by atoms with van der Waals surface area (Å²) >= 11 is 5.93. The van der Waals surface area contributed by atoms with E-state index in [4.69, 9.17) is 21.1 Å². The van der Waals surface area contributed by atoms with Gasteiger partial charge in [-0.05, 0) is 38.5 Å². The van der Waals surface area contributed by atoms with Crippen LogP contribution < -0.4 is 0 Å². The molecule has 0 aromatic heterocycles. The van der Waals surface area contributed by atoms with Gasteiger partial charge in [0.1, 0.15) is 11.6 Å². The molecule has 0 N–H and O–H groups in total. The van der Waals surface area contributed by atoms with Gasteiger partial charge in [-0.3, -0.25) is 4.90 Å². The van der Waals surface area contributed by atoms with Crippen LogP contribution in [0.2, 0.25) is 5.02 Å². The lowest BCUT2D eigenvalue weighted by Gasteiger charge is -2.38. The Hall–Kier alpha value is -1.79. The molecule has 1 unspecified atom stereocenters. The van der Waals surface area contributed by atoms with E-state index >= 15 is 0 Å². The number of halogens is 1. The summed E-state index contributed by atoms with van der Waals surface area (Å²) in [5, 5.41) is 0.613. The first-order valence-electron chi connectivity index (χ1n) is 8.26. The van der Waals surface area contributed by atoms with Crippen LogP contribution in [-0.2, 0) is 14.3 Å². The largest absolute Gasteiger partial charge is 0.468 e. The third-order valence-electron chi connectivity index (χ3n) is 3.94. The number of nitrogens with zero attached hydrogens (tertiary/aromatic N) is 2. The fourth-order valence-corrected chi connectivity index (χ4v) is 2.87. The molecule has 1 amide bonds. The molecule has 1 aliphatic heterocycles. The SMILES string of the molecule is COC(=O)C(c1ccc(Cl)cc1)N1CCN(C(=O)OC(C)(C)C)CC1.